The van der Waals surface area contributed by atoms with Gasteiger partial charge in [0.05, 0.1) is 0 Å². The average molecular weight is 269 g/mol. The second-order valence-electron chi connectivity index (χ2n) is 4.44. The Balaban J connectivity index is 2.11. The summed E-state index contributed by atoms with van der Waals surface area (Å²) < 4.78 is 4.97. The zero-order chi connectivity index (χ0) is 14.5. The first-order chi connectivity index (χ1) is 9.54. The number of carbonyl (C=O) groups is 2. The molecule has 102 valence electrons. The molecule has 0 aliphatic carbocycles. The van der Waals surface area contributed by atoms with Crippen molar-refractivity contribution >= 4 is 17.6 Å². The first kappa shape index (κ1) is 13.8. The zero-order valence-corrected chi connectivity index (χ0v) is 11.3. The SMILES string of the molecule is CC(=O)Oc1cccc(NC(=O)c2ccc(C)cc2)c1. The maximum Gasteiger partial charge on any atom is 0.308 e. The number of hydrogen-bond acceptors (Lipinski definition) is 3. The minimum Gasteiger partial charge on any atom is -0.427 e. The van der Waals surface area contributed by atoms with Gasteiger partial charge in [0.2, 0.25) is 0 Å². The van der Waals surface area contributed by atoms with E-state index in [-0.39, 0.29) is 5.91 Å². The highest BCUT2D eigenvalue weighted by atomic mass is 16.5. The highest BCUT2D eigenvalue weighted by molar-refractivity contribution is 6.04. The molecule has 0 aliphatic rings. The highest BCUT2D eigenvalue weighted by Gasteiger charge is 2.06. The molecule has 2 rings (SSSR count). The molecule has 0 atom stereocenters. The van der Waals surface area contributed by atoms with Gasteiger partial charge in [-0.1, -0.05) is 23.8 Å². The molecule has 0 aliphatic heterocycles. The highest BCUT2D eigenvalue weighted by Crippen LogP contribution is 2.18. The molecule has 0 heterocycles. The van der Waals surface area contributed by atoms with Crippen molar-refractivity contribution in [2.45, 2.75) is 13.8 Å². The Morgan fingerprint density at radius 2 is 1.75 bits per heavy atom. The topological polar surface area (TPSA) is 55.4 Å². The van der Waals surface area contributed by atoms with Gasteiger partial charge in [0.25, 0.3) is 5.91 Å². The smallest absolute Gasteiger partial charge is 0.308 e. The van der Waals surface area contributed by atoms with E-state index in [1.807, 2.05) is 19.1 Å². The van der Waals surface area contributed by atoms with Gasteiger partial charge in [-0.2, -0.15) is 0 Å². The third-order valence-corrected chi connectivity index (χ3v) is 2.67. The Morgan fingerprint density at radius 1 is 1.05 bits per heavy atom. The van der Waals surface area contributed by atoms with Crippen molar-refractivity contribution in [1.82, 2.24) is 0 Å². The van der Waals surface area contributed by atoms with Crippen LogP contribution in [0, 0.1) is 6.92 Å². The van der Waals surface area contributed by atoms with Crippen LogP contribution < -0.4 is 10.1 Å². The van der Waals surface area contributed by atoms with Crippen LogP contribution in [0.25, 0.3) is 0 Å². The van der Waals surface area contributed by atoms with E-state index in [9.17, 15) is 9.59 Å². The quantitative estimate of drug-likeness (QED) is 0.687. The van der Waals surface area contributed by atoms with Gasteiger partial charge in [-0.05, 0) is 31.2 Å². The number of amides is 1. The van der Waals surface area contributed by atoms with Crippen molar-refractivity contribution in [3.05, 3.63) is 59.7 Å². The molecule has 0 saturated heterocycles. The zero-order valence-electron chi connectivity index (χ0n) is 11.3. The van der Waals surface area contributed by atoms with E-state index in [1.165, 1.54) is 6.92 Å². The molecule has 0 aromatic heterocycles. The van der Waals surface area contributed by atoms with Crippen LogP contribution in [0.2, 0.25) is 0 Å². The van der Waals surface area contributed by atoms with E-state index in [4.69, 9.17) is 4.74 Å². The third kappa shape index (κ3) is 3.68. The molecular formula is C16H15NO3. The molecule has 4 nitrogen and oxygen atoms in total. The Morgan fingerprint density at radius 3 is 2.40 bits per heavy atom. The van der Waals surface area contributed by atoms with Crippen molar-refractivity contribution in [2.75, 3.05) is 5.32 Å². The van der Waals surface area contributed by atoms with Crippen LogP contribution in [-0.2, 0) is 4.79 Å². The molecule has 1 N–H and O–H groups in total. The van der Waals surface area contributed by atoms with E-state index < -0.39 is 5.97 Å². The Hall–Kier alpha value is -2.62. The summed E-state index contributed by atoms with van der Waals surface area (Å²) in [7, 11) is 0. The van der Waals surface area contributed by atoms with Gasteiger partial charge in [-0.3, -0.25) is 9.59 Å². The minimum absolute atomic E-state index is 0.204. The number of hydrogen-bond donors (Lipinski definition) is 1. The molecule has 2 aromatic carbocycles. The fourth-order valence-corrected chi connectivity index (χ4v) is 1.71. The summed E-state index contributed by atoms with van der Waals surface area (Å²) in [6, 6.07) is 14.0. The summed E-state index contributed by atoms with van der Waals surface area (Å²) >= 11 is 0. The molecule has 0 spiro atoms. The number of anilines is 1. The second-order valence-corrected chi connectivity index (χ2v) is 4.44. The van der Waals surface area contributed by atoms with Crippen molar-refractivity contribution in [3.8, 4) is 5.75 Å². The number of esters is 1. The van der Waals surface area contributed by atoms with Crippen LogP contribution in [0.3, 0.4) is 0 Å². The van der Waals surface area contributed by atoms with Gasteiger partial charge < -0.3 is 10.1 Å². The predicted molar refractivity (Wildman–Crippen MR) is 76.9 cm³/mol. The molecular weight excluding hydrogens is 254 g/mol. The number of carbonyl (C=O) groups excluding carboxylic acids is 2. The number of aryl methyl sites for hydroxylation is 1. The lowest BCUT2D eigenvalue weighted by atomic mass is 10.1. The largest absolute Gasteiger partial charge is 0.427 e. The standard InChI is InChI=1S/C16H15NO3/c1-11-6-8-13(9-7-11)16(19)17-14-4-3-5-15(10-14)20-12(2)18/h3-10H,1-2H3,(H,17,19). The van der Waals surface area contributed by atoms with Gasteiger partial charge in [0.15, 0.2) is 0 Å². The van der Waals surface area contributed by atoms with Crippen LogP contribution in [0.15, 0.2) is 48.5 Å². The third-order valence-electron chi connectivity index (χ3n) is 2.67. The molecule has 2 aromatic rings. The van der Waals surface area contributed by atoms with Crippen LogP contribution in [0.5, 0.6) is 5.75 Å². The lowest BCUT2D eigenvalue weighted by molar-refractivity contribution is -0.131. The molecule has 0 radical (unpaired) electrons. The van der Waals surface area contributed by atoms with Crippen LogP contribution in [-0.4, -0.2) is 11.9 Å². The molecule has 20 heavy (non-hydrogen) atoms. The van der Waals surface area contributed by atoms with Crippen molar-refractivity contribution in [3.63, 3.8) is 0 Å². The number of benzene rings is 2. The predicted octanol–water partition coefficient (Wildman–Crippen LogP) is 3.17. The Bertz CT molecular complexity index is 632. The molecule has 0 unspecified atom stereocenters. The maximum absolute atomic E-state index is 12.0. The first-order valence-corrected chi connectivity index (χ1v) is 6.21. The van der Waals surface area contributed by atoms with Gasteiger partial charge in [-0.25, -0.2) is 0 Å². The van der Waals surface area contributed by atoms with Crippen molar-refractivity contribution in [1.29, 1.82) is 0 Å². The van der Waals surface area contributed by atoms with Gasteiger partial charge in [0, 0.05) is 24.2 Å². The molecule has 0 bridgehead atoms. The maximum atomic E-state index is 12.0. The lowest BCUT2D eigenvalue weighted by Crippen LogP contribution is -2.12. The van der Waals surface area contributed by atoms with Gasteiger partial charge in [0.1, 0.15) is 5.75 Å². The number of nitrogens with one attached hydrogen (secondary N) is 1. The summed E-state index contributed by atoms with van der Waals surface area (Å²) in [5.41, 5.74) is 2.25. The van der Waals surface area contributed by atoms with E-state index in [0.29, 0.717) is 17.0 Å². The Labute approximate surface area is 117 Å². The minimum atomic E-state index is -0.396. The summed E-state index contributed by atoms with van der Waals surface area (Å²) in [5.74, 6) is -0.198. The number of ether oxygens (including phenoxy) is 1. The summed E-state index contributed by atoms with van der Waals surface area (Å²) in [6.07, 6.45) is 0. The van der Waals surface area contributed by atoms with Crippen molar-refractivity contribution < 1.29 is 14.3 Å². The van der Waals surface area contributed by atoms with E-state index in [1.54, 1.807) is 36.4 Å². The first-order valence-electron chi connectivity index (χ1n) is 6.21. The fourth-order valence-electron chi connectivity index (χ4n) is 1.71. The Kier molecular flexibility index (Phi) is 4.15. The second kappa shape index (κ2) is 6.02. The summed E-state index contributed by atoms with van der Waals surface area (Å²) in [6.45, 7) is 3.29. The molecule has 4 heteroatoms. The van der Waals surface area contributed by atoms with E-state index >= 15 is 0 Å². The number of rotatable bonds is 3. The fraction of sp³-hybridized carbons (Fsp3) is 0.125. The monoisotopic (exact) mass is 269 g/mol. The van der Waals surface area contributed by atoms with E-state index in [0.717, 1.165) is 5.56 Å². The van der Waals surface area contributed by atoms with E-state index in [2.05, 4.69) is 5.32 Å². The van der Waals surface area contributed by atoms with Crippen LogP contribution in [0.4, 0.5) is 5.69 Å². The summed E-state index contributed by atoms with van der Waals surface area (Å²) in [5, 5.41) is 2.76. The van der Waals surface area contributed by atoms with Crippen LogP contribution in [0.1, 0.15) is 22.8 Å². The normalized spacial score (nSPS) is 9.90. The molecule has 0 fully saturated rings. The lowest BCUT2D eigenvalue weighted by Gasteiger charge is -2.07. The van der Waals surface area contributed by atoms with Crippen LogP contribution >= 0.6 is 0 Å². The molecule has 1 amide bonds. The van der Waals surface area contributed by atoms with Gasteiger partial charge >= 0.3 is 5.97 Å². The molecule has 0 saturated carbocycles. The van der Waals surface area contributed by atoms with Gasteiger partial charge in [-0.15, -0.1) is 0 Å². The average Bonchev–Trinajstić information content (AvgIpc) is 2.39. The summed E-state index contributed by atoms with van der Waals surface area (Å²) in [4.78, 5) is 22.9. The van der Waals surface area contributed by atoms with Crippen molar-refractivity contribution in [2.24, 2.45) is 0 Å².